The summed E-state index contributed by atoms with van der Waals surface area (Å²) in [6.45, 7) is 6.58. The molecule has 2 unspecified atom stereocenters. The smallest absolute Gasteiger partial charge is 0.356 e. The van der Waals surface area contributed by atoms with E-state index in [-0.39, 0.29) is 13.0 Å². The van der Waals surface area contributed by atoms with Gasteiger partial charge in [0.25, 0.3) is 0 Å². The average Bonchev–Trinajstić information content (AvgIpc) is 2.46. The van der Waals surface area contributed by atoms with Crippen LogP contribution in [-0.4, -0.2) is 35.2 Å². The first kappa shape index (κ1) is 16.9. The number of carbonyl (C=O) groups is 3. The van der Waals surface area contributed by atoms with Crippen LogP contribution in [0.1, 0.15) is 33.1 Å². The van der Waals surface area contributed by atoms with E-state index in [0.29, 0.717) is 12.8 Å². The summed E-state index contributed by atoms with van der Waals surface area (Å²) in [6, 6.07) is 0. The number of carboxylic acid groups (broad SMARTS) is 1. The van der Waals surface area contributed by atoms with Crippen molar-refractivity contribution >= 4 is 17.9 Å². The van der Waals surface area contributed by atoms with Crippen molar-refractivity contribution in [2.75, 3.05) is 6.61 Å². The molecule has 21 heavy (non-hydrogen) atoms. The Morgan fingerprint density at radius 2 is 2.10 bits per heavy atom. The number of hydrogen-bond acceptors (Lipinski definition) is 5. The van der Waals surface area contributed by atoms with E-state index in [0.717, 1.165) is 6.08 Å². The fourth-order valence-electron chi connectivity index (χ4n) is 2.24. The molecule has 0 aromatic rings. The van der Waals surface area contributed by atoms with Gasteiger partial charge in [-0.15, -0.1) is 0 Å². The highest BCUT2D eigenvalue weighted by Gasteiger charge is 2.62. The molecule has 1 aliphatic carbocycles. The quantitative estimate of drug-likeness (QED) is 0.457. The van der Waals surface area contributed by atoms with Gasteiger partial charge in [0.2, 0.25) is 5.60 Å². The van der Waals surface area contributed by atoms with Crippen molar-refractivity contribution in [3.63, 3.8) is 0 Å². The number of esters is 2. The molecule has 2 atom stereocenters. The fourth-order valence-corrected chi connectivity index (χ4v) is 2.24. The number of aliphatic carboxylic acids is 1. The SMILES string of the molecule is C=CC(=O)OC1(C(=O)OCCC)C=CCCC1(C)C(=O)O. The molecule has 0 aliphatic heterocycles. The van der Waals surface area contributed by atoms with Crippen molar-refractivity contribution in [1.29, 1.82) is 0 Å². The maximum Gasteiger partial charge on any atom is 0.356 e. The van der Waals surface area contributed by atoms with E-state index in [1.807, 2.05) is 6.92 Å². The van der Waals surface area contributed by atoms with Gasteiger partial charge < -0.3 is 14.6 Å². The van der Waals surface area contributed by atoms with Crippen LogP contribution in [0.3, 0.4) is 0 Å². The predicted octanol–water partition coefficient (Wildman–Crippen LogP) is 1.85. The zero-order valence-electron chi connectivity index (χ0n) is 12.3. The molecule has 0 radical (unpaired) electrons. The van der Waals surface area contributed by atoms with Crippen LogP contribution in [0.15, 0.2) is 24.8 Å². The van der Waals surface area contributed by atoms with E-state index >= 15 is 0 Å². The second kappa shape index (κ2) is 6.56. The van der Waals surface area contributed by atoms with Crippen LogP contribution < -0.4 is 0 Å². The van der Waals surface area contributed by atoms with Crippen molar-refractivity contribution in [2.45, 2.75) is 38.7 Å². The molecule has 6 heteroatoms. The molecule has 0 aromatic heterocycles. The summed E-state index contributed by atoms with van der Waals surface area (Å²) in [7, 11) is 0. The van der Waals surface area contributed by atoms with Gasteiger partial charge in [-0.05, 0) is 32.3 Å². The van der Waals surface area contributed by atoms with E-state index in [9.17, 15) is 19.5 Å². The second-order valence-corrected chi connectivity index (χ2v) is 5.08. The molecule has 0 heterocycles. The molecule has 1 rings (SSSR count). The first-order valence-corrected chi connectivity index (χ1v) is 6.77. The molecular weight excluding hydrogens is 276 g/mol. The third-order valence-electron chi connectivity index (χ3n) is 3.62. The zero-order chi connectivity index (χ0) is 16.1. The van der Waals surface area contributed by atoms with Crippen LogP contribution in [0.2, 0.25) is 0 Å². The third-order valence-corrected chi connectivity index (χ3v) is 3.62. The van der Waals surface area contributed by atoms with Crippen LogP contribution in [-0.2, 0) is 23.9 Å². The Kier molecular flexibility index (Phi) is 5.29. The Morgan fingerprint density at radius 1 is 1.43 bits per heavy atom. The summed E-state index contributed by atoms with van der Waals surface area (Å²) in [5, 5.41) is 9.53. The lowest BCUT2D eigenvalue weighted by atomic mass is 9.67. The molecule has 1 aliphatic rings. The van der Waals surface area contributed by atoms with Gasteiger partial charge >= 0.3 is 17.9 Å². The highest BCUT2D eigenvalue weighted by molar-refractivity contribution is 5.95. The maximum absolute atomic E-state index is 12.4. The molecule has 116 valence electrons. The number of ether oxygens (including phenoxy) is 2. The zero-order valence-corrected chi connectivity index (χ0v) is 12.3. The van der Waals surface area contributed by atoms with Gasteiger partial charge in [0.05, 0.1) is 6.61 Å². The molecule has 1 N–H and O–H groups in total. The van der Waals surface area contributed by atoms with Gasteiger partial charge in [0.15, 0.2) is 0 Å². The van der Waals surface area contributed by atoms with E-state index in [1.54, 1.807) is 6.08 Å². The van der Waals surface area contributed by atoms with E-state index in [2.05, 4.69) is 6.58 Å². The first-order valence-electron chi connectivity index (χ1n) is 6.77. The summed E-state index contributed by atoms with van der Waals surface area (Å²) in [6.07, 6.45) is 5.02. The molecular formula is C15H20O6. The third kappa shape index (κ3) is 2.99. The Balaban J connectivity index is 3.33. The Bertz CT molecular complexity index is 481. The normalized spacial score (nSPS) is 27.7. The number of rotatable bonds is 6. The van der Waals surface area contributed by atoms with Gasteiger partial charge in [-0.2, -0.15) is 0 Å². The largest absolute Gasteiger partial charge is 0.481 e. The molecule has 0 saturated heterocycles. The molecule has 6 nitrogen and oxygen atoms in total. The van der Waals surface area contributed by atoms with Gasteiger partial charge in [-0.25, -0.2) is 9.59 Å². The number of carboxylic acids is 1. The lowest BCUT2D eigenvalue weighted by Gasteiger charge is -2.42. The predicted molar refractivity (Wildman–Crippen MR) is 74.4 cm³/mol. The maximum atomic E-state index is 12.4. The first-order chi connectivity index (χ1) is 9.84. The van der Waals surface area contributed by atoms with Gasteiger partial charge in [0.1, 0.15) is 5.41 Å². The Hall–Kier alpha value is -2.11. The number of hydrogen-bond donors (Lipinski definition) is 1. The van der Waals surface area contributed by atoms with Crippen molar-refractivity contribution in [3.05, 3.63) is 24.8 Å². The van der Waals surface area contributed by atoms with Gasteiger partial charge in [0, 0.05) is 6.08 Å². The van der Waals surface area contributed by atoms with Crippen molar-refractivity contribution < 1.29 is 29.0 Å². The van der Waals surface area contributed by atoms with Crippen LogP contribution in [0, 0.1) is 5.41 Å². The van der Waals surface area contributed by atoms with Gasteiger partial charge in [-0.3, -0.25) is 4.79 Å². The minimum absolute atomic E-state index is 0.121. The van der Waals surface area contributed by atoms with Crippen LogP contribution in [0.4, 0.5) is 0 Å². The molecule has 0 fully saturated rings. The summed E-state index contributed by atoms with van der Waals surface area (Å²) in [4.78, 5) is 35.7. The van der Waals surface area contributed by atoms with E-state index in [4.69, 9.17) is 9.47 Å². The summed E-state index contributed by atoms with van der Waals surface area (Å²) < 4.78 is 10.2. The average molecular weight is 296 g/mol. The van der Waals surface area contributed by atoms with Crippen molar-refractivity contribution in [3.8, 4) is 0 Å². The molecule has 0 bridgehead atoms. The molecule has 0 saturated carbocycles. The lowest BCUT2D eigenvalue weighted by Crippen LogP contribution is -2.59. The van der Waals surface area contributed by atoms with E-state index in [1.165, 1.54) is 13.0 Å². The van der Waals surface area contributed by atoms with Crippen LogP contribution in [0.5, 0.6) is 0 Å². The standard InChI is InChI=1S/C15H20O6/c1-4-10-20-13(19)15(21-11(16)5-2)9-7-6-8-14(15,3)12(17)18/h5,7,9H,2,4,6,8,10H2,1,3H3,(H,17,18). The number of allylic oxidation sites excluding steroid dienone is 1. The Labute approximate surface area is 123 Å². The molecule has 0 amide bonds. The summed E-state index contributed by atoms with van der Waals surface area (Å²) in [5.41, 5.74) is -3.57. The molecule has 0 spiro atoms. The minimum Gasteiger partial charge on any atom is -0.481 e. The fraction of sp³-hybridized carbons (Fsp3) is 0.533. The topological polar surface area (TPSA) is 89.9 Å². The summed E-state index contributed by atoms with van der Waals surface area (Å²) in [5.74, 6) is -2.97. The van der Waals surface area contributed by atoms with Crippen molar-refractivity contribution in [1.82, 2.24) is 0 Å². The van der Waals surface area contributed by atoms with E-state index < -0.39 is 28.9 Å². The minimum atomic E-state index is -1.97. The number of carbonyl (C=O) groups excluding carboxylic acids is 2. The lowest BCUT2D eigenvalue weighted by molar-refractivity contribution is -0.196. The highest BCUT2D eigenvalue weighted by Crippen LogP contribution is 2.44. The van der Waals surface area contributed by atoms with Gasteiger partial charge in [-0.1, -0.05) is 19.6 Å². The van der Waals surface area contributed by atoms with Crippen molar-refractivity contribution in [2.24, 2.45) is 5.41 Å². The van der Waals surface area contributed by atoms with Crippen LogP contribution >= 0.6 is 0 Å². The highest BCUT2D eigenvalue weighted by atomic mass is 16.6. The second-order valence-electron chi connectivity index (χ2n) is 5.08. The molecule has 0 aromatic carbocycles. The monoisotopic (exact) mass is 296 g/mol. The van der Waals surface area contributed by atoms with Crippen LogP contribution in [0.25, 0.3) is 0 Å². The summed E-state index contributed by atoms with van der Waals surface area (Å²) >= 11 is 0. The Morgan fingerprint density at radius 3 is 2.62 bits per heavy atom.